The van der Waals surface area contributed by atoms with Crippen LogP contribution in [0.15, 0.2) is 48.5 Å². The molecule has 0 saturated carbocycles. The van der Waals surface area contributed by atoms with Crippen LogP contribution in [0.2, 0.25) is 0 Å². The van der Waals surface area contributed by atoms with Crippen LogP contribution >= 0.6 is 0 Å². The summed E-state index contributed by atoms with van der Waals surface area (Å²) in [7, 11) is 0. The van der Waals surface area contributed by atoms with Gasteiger partial charge in [-0.3, -0.25) is 4.57 Å². The number of ether oxygens (including phenoxy) is 1. The molecule has 6 nitrogen and oxygen atoms in total. The van der Waals surface area contributed by atoms with Gasteiger partial charge in [-0.25, -0.2) is 14.8 Å². The van der Waals surface area contributed by atoms with E-state index < -0.39 is 5.97 Å². The number of esters is 1. The van der Waals surface area contributed by atoms with Gasteiger partial charge in [-0.2, -0.15) is 0 Å². The van der Waals surface area contributed by atoms with E-state index in [1.165, 1.54) is 5.56 Å². The lowest BCUT2D eigenvalue weighted by Crippen LogP contribution is -2.15. The van der Waals surface area contributed by atoms with Crippen LogP contribution in [0.25, 0.3) is 27.9 Å². The molecular weight excluding hydrogens is 388 g/mol. The quantitative estimate of drug-likeness (QED) is 0.413. The summed E-state index contributed by atoms with van der Waals surface area (Å²) < 4.78 is 7.47. The molecule has 4 aromatic rings. The van der Waals surface area contributed by atoms with Crippen LogP contribution in [-0.2, 0) is 11.2 Å². The first-order chi connectivity index (χ1) is 15.1. The van der Waals surface area contributed by atoms with E-state index in [4.69, 9.17) is 20.4 Å². The molecule has 0 aliphatic rings. The van der Waals surface area contributed by atoms with Gasteiger partial charge in [0.2, 0.25) is 0 Å². The number of hydrogen-bond donors (Lipinski definition) is 1. The second-order valence-electron chi connectivity index (χ2n) is 7.78. The first kappa shape index (κ1) is 20.8. The molecule has 0 saturated heterocycles. The molecule has 2 aromatic carbocycles. The van der Waals surface area contributed by atoms with Gasteiger partial charge in [-0.1, -0.05) is 57.9 Å². The Morgan fingerprint density at radius 3 is 2.42 bits per heavy atom. The normalized spacial score (nSPS) is 11.5. The van der Waals surface area contributed by atoms with Gasteiger partial charge < -0.3 is 10.5 Å². The predicted octanol–water partition coefficient (Wildman–Crippen LogP) is 5.31. The zero-order chi connectivity index (χ0) is 22.0. The minimum Gasteiger partial charge on any atom is -0.462 e. The minimum atomic E-state index is -0.454. The Morgan fingerprint density at radius 1 is 1.03 bits per heavy atom. The van der Waals surface area contributed by atoms with Gasteiger partial charge in [0.25, 0.3) is 0 Å². The molecule has 0 bridgehead atoms. The number of benzene rings is 2. The van der Waals surface area contributed by atoms with Crippen molar-refractivity contribution in [3.8, 4) is 5.69 Å². The Kier molecular flexibility index (Phi) is 5.89. The molecule has 4 rings (SSSR count). The number of nitrogens with zero attached hydrogens (tertiary/aromatic N) is 3. The van der Waals surface area contributed by atoms with Crippen molar-refractivity contribution in [1.29, 1.82) is 0 Å². The molecule has 0 fully saturated rings. The summed E-state index contributed by atoms with van der Waals surface area (Å²) in [4.78, 5) is 22.7. The highest BCUT2D eigenvalue weighted by atomic mass is 16.5. The molecule has 0 spiro atoms. The van der Waals surface area contributed by atoms with E-state index >= 15 is 0 Å². The average molecular weight is 417 g/mol. The smallest absolute Gasteiger partial charge is 0.344 e. The minimum absolute atomic E-state index is 0.279. The Bertz CT molecular complexity index is 1240. The topological polar surface area (TPSA) is 83.0 Å². The lowest BCUT2D eigenvalue weighted by molar-refractivity contribution is 0.0436. The molecule has 2 heterocycles. The highest BCUT2D eigenvalue weighted by Gasteiger charge is 2.26. The Hall–Kier alpha value is -3.41. The first-order valence-electron chi connectivity index (χ1n) is 10.9. The van der Waals surface area contributed by atoms with Crippen molar-refractivity contribution >= 4 is 34.0 Å². The van der Waals surface area contributed by atoms with Crippen molar-refractivity contribution in [2.45, 2.75) is 40.0 Å². The van der Waals surface area contributed by atoms with E-state index in [9.17, 15) is 4.79 Å². The van der Waals surface area contributed by atoms with Crippen LogP contribution in [0.1, 0.15) is 49.5 Å². The number of nitrogen functional groups attached to an aromatic ring is 1. The summed E-state index contributed by atoms with van der Waals surface area (Å²) in [5.74, 6) is 0.171. The number of carbonyl (C=O) groups excluding carboxylic acids is 1. The largest absolute Gasteiger partial charge is 0.462 e. The number of anilines is 1. The molecule has 0 amide bonds. The van der Waals surface area contributed by atoms with Gasteiger partial charge in [-0.15, -0.1) is 0 Å². The third-order valence-corrected chi connectivity index (χ3v) is 5.88. The van der Waals surface area contributed by atoms with Crippen LogP contribution in [0.5, 0.6) is 0 Å². The molecule has 0 atom stereocenters. The lowest BCUT2D eigenvalue weighted by Gasteiger charge is -2.13. The summed E-state index contributed by atoms with van der Waals surface area (Å²) in [6.45, 7) is 6.66. The van der Waals surface area contributed by atoms with Crippen LogP contribution in [0.3, 0.4) is 0 Å². The number of para-hydroxylation sites is 2. The zero-order valence-corrected chi connectivity index (χ0v) is 18.3. The maximum atomic E-state index is 13.1. The van der Waals surface area contributed by atoms with E-state index in [0.29, 0.717) is 35.0 Å². The molecule has 6 heteroatoms. The van der Waals surface area contributed by atoms with Crippen molar-refractivity contribution in [2.75, 3.05) is 12.3 Å². The van der Waals surface area contributed by atoms with Crippen molar-refractivity contribution in [3.05, 3.63) is 59.7 Å². The average Bonchev–Trinajstić information content (AvgIpc) is 3.08. The third-order valence-electron chi connectivity index (χ3n) is 5.88. The van der Waals surface area contributed by atoms with E-state index in [-0.39, 0.29) is 5.56 Å². The monoisotopic (exact) mass is 416 g/mol. The Morgan fingerprint density at radius 2 is 1.74 bits per heavy atom. The predicted molar refractivity (Wildman–Crippen MR) is 125 cm³/mol. The van der Waals surface area contributed by atoms with Crippen LogP contribution < -0.4 is 5.73 Å². The second-order valence-corrected chi connectivity index (χ2v) is 7.78. The van der Waals surface area contributed by atoms with E-state index in [1.54, 1.807) is 0 Å². The van der Waals surface area contributed by atoms with E-state index in [2.05, 4.69) is 32.9 Å². The van der Waals surface area contributed by atoms with Gasteiger partial charge in [0.1, 0.15) is 16.9 Å². The molecule has 0 aliphatic heterocycles. The maximum absolute atomic E-state index is 13.1. The lowest BCUT2D eigenvalue weighted by atomic mass is 10.1. The zero-order valence-electron chi connectivity index (χ0n) is 18.3. The van der Waals surface area contributed by atoms with Gasteiger partial charge >= 0.3 is 5.97 Å². The fourth-order valence-corrected chi connectivity index (χ4v) is 3.83. The van der Waals surface area contributed by atoms with E-state index in [0.717, 1.165) is 30.5 Å². The van der Waals surface area contributed by atoms with Crippen molar-refractivity contribution in [2.24, 2.45) is 5.92 Å². The first-order valence-corrected chi connectivity index (χ1v) is 10.9. The number of fused-ring (bicyclic) bond motifs is 2. The molecule has 31 heavy (non-hydrogen) atoms. The Balaban J connectivity index is 1.91. The molecule has 160 valence electrons. The molecule has 2 aromatic heterocycles. The third kappa shape index (κ3) is 3.85. The second kappa shape index (κ2) is 8.76. The summed E-state index contributed by atoms with van der Waals surface area (Å²) in [5.41, 5.74) is 11.3. The number of nitrogens with two attached hydrogens (primary N) is 1. The number of aryl methyl sites for hydroxylation is 1. The summed E-state index contributed by atoms with van der Waals surface area (Å²) >= 11 is 0. The fourth-order valence-electron chi connectivity index (χ4n) is 3.83. The van der Waals surface area contributed by atoms with Crippen molar-refractivity contribution in [3.63, 3.8) is 0 Å². The summed E-state index contributed by atoms with van der Waals surface area (Å²) in [6.07, 6.45) is 2.80. The van der Waals surface area contributed by atoms with Gasteiger partial charge in [-0.05, 0) is 42.2 Å². The van der Waals surface area contributed by atoms with Crippen LogP contribution in [-0.4, -0.2) is 27.1 Å². The Labute approximate surface area is 182 Å². The van der Waals surface area contributed by atoms with Gasteiger partial charge in [0, 0.05) is 5.69 Å². The van der Waals surface area contributed by atoms with Crippen molar-refractivity contribution < 1.29 is 9.53 Å². The van der Waals surface area contributed by atoms with Gasteiger partial charge in [0.05, 0.1) is 17.6 Å². The fraction of sp³-hybridized carbons (Fsp3) is 0.320. The van der Waals surface area contributed by atoms with Crippen molar-refractivity contribution in [1.82, 2.24) is 14.5 Å². The van der Waals surface area contributed by atoms with Crippen LogP contribution in [0.4, 0.5) is 5.82 Å². The standard InChI is InChI=1S/C25H28N4O2/c1-4-16(5-2)15-31-25(30)21-22-24(28-20-13-8-7-12-19(20)27-22)29(23(21)26)18-11-9-10-17(6-3)14-18/h7-14,16H,4-6,15,26H2,1-3H3. The molecule has 2 N–H and O–H groups in total. The maximum Gasteiger partial charge on any atom is 0.344 e. The SMILES string of the molecule is CCc1cccc(-n2c(N)c(C(=O)OCC(CC)CC)c3nc4ccccc4nc32)c1. The summed E-state index contributed by atoms with van der Waals surface area (Å²) in [6, 6.07) is 15.7. The number of aromatic nitrogens is 3. The highest BCUT2D eigenvalue weighted by molar-refractivity contribution is 6.09. The highest BCUT2D eigenvalue weighted by Crippen LogP contribution is 2.32. The van der Waals surface area contributed by atoms with E-state index in [1.807, 2.05) is 41.0 Å². The number of carbonyl (C=O) groups is 1. The van der Waals surface area contributed by atoms with Crippen LogP contribution in [0, 0.1) is 5.92 Å². The van der Waals surface area contributed by atoms with Gasteiger partial charge in [0.15, 0.2) is 5.65 Å². The number of rotatable bonds is 7. The molecular formula is C25H28N4O2. The summed E-state index contributed by atoms with van der Waals surface area (Å²) in [5, 5.41) is 0. The molecule has 0 unspecified atom stereocenters. The molecule has 0 radical (unpaired) electrons. The number of hydrogen-bond acceptors (Lipinski definition) is 5. The molecule has 0 aliphatic carbocycles.